The van der Waals surface area contributed by atoms with E-state index >= 15 is 0 Å². The summed E-state index contributed by atoms with van der Waals surface area (Å²) in [5.41, 5.74) is 1.18. The number of ether oxygens (including phenoxy) is 1. The van der Waals surface area contributed by atoms with Gasteiger partial charge in [0.15, 0.2) is 6.61 Å². The van der Waals surface area contributed by atoms with Gasteiger partial charge in [-0.3, -0.25) is 14.4 Å². The number of benzene rings is 2. The van der Waals surface area contributed by atoms with Crippen LogP contribution in [0.3, 0.4) is 0 Å². The molecule has 0 atom stereocenters. The molecule has 0 aliphatic heterocycles. The Balaban J connectivity index is 1.71. The van der Waals surface area contributed by atoms with E-state index in [2.05, 4.69) is 10.6 Å². The van der Waals surface area contributed by atoms with E-state index < -0.39 is 11.9 Å². The number of esters is 1. The second-order valence-electron chi connectivity index (χ2n) is 5.07. The van der Waals surface area contributed by atoms with Crippen molar-refractivity contribution in [2.75, 3.05) is 23.0 Å². The summed E-state index contributed by atoms with van der Waals surface area (Å²) in [5.74, 6) is -0.907. The van der Waals surface area contributed by atoms with Crippen molar-refractivity contribution in [3.63, 3.8) is 0 Å². The number of hydrogen-bond acceptors (Lipinski definition) is 5. The van der Waals surface area contributed by atoms with Gasteiger partial charge in [-0.25, -0.2) is 0 Å². The van der Waals surface area contributed by atoms with Crippen molar-refractivity contribution in [1.82, 2.24) is 0 Å². The number of carbonyl (C=O) groups excluding carboxylic acids is 3. The maximum Gasteiger partial charge on any atom is 0.316 e. The molecular weight excluding hydrogens is 340 g/mol. The lowest BCUT2D eigenvalue weighted by atomic mass is 10.2. The molecule has 2 aromatic rings. The molecule has 0 heterocycles. The van der Waals surface area contributed by atoms with E-state index in [1.54, 1.807) is 24.3 Å². The average Bonchev–Trinajstić information content (AvgIpc) is 2.60. The van der Waals surface area contributed by atoms with Crippen molar-refractivity contribution in [3.8, 4) is 0 Å². The van der Waals surface area contributed by atoms with Crippen LogP contribution in [-0.4, -0.2) is 30.1 Å². The van der Waals surface area contributed by atoms with Crippen LogP contribution in [0.5, 0.6) is 0 Å². The first-order chi connectivity index (χ1) is 12.0. The molecule has 7 heteroatoms. The van der Waals surface area contributed by atoms with Gasteiger partial charge in [0.1, 0.15) is 0 Å². The van der Waals surface area contributed by atoms with E-state index in [1.165, 1.54) is 18.7 Å². The summed E-state index contributed by atoms with van der Waals surface area (Å²) in [6.45, 7) is 1.07. The van der Waals surface area contributed by atoms with Crippen LogP contribution >= 0.6 is 11.8 Å². The Morgan fingerprint density at radius 1 is 0.920 bits per heavy atom. The molecule has 25 heavy (non-hydrogen) atoms. The van der Waals surface area contributed by atoms with E-state index in [9.17, 15) is 14.4 Å². The maximum absolute atomic E-state index is 11.8. The van der Waals surface area contributed by atoms with E-state index in [4.69, 9.17) is 4.74 Å². The fourth-order valence-electron chi connectivity index (χ4n) is 1.88. The number of carbonyl (C=O) groups is 3. The highest BCUT2D eigenvalue weighted by atomic mass is 32.2. The standard InChI is InChI=1S/C18H18N2O4S/c1-13(21)19-14-7-9-15(10-8-14)20-17(22)11-24-18(23)12-25-16-5-3-2-4-6-16/h2-10H,11-12H2,1H3,(H,19,21)(H,20,22). The highest BCUT2D eigenvalue weighted by molar-refractivity contribution is 8.00. The Morgan fingerprint density at radius 3 is 2.12 bits per heavy atom. The summed E-state index contributed by atoms with van der Waals surface area (Å²) in [7, 11) is 0. The molecule has 130 valence electrons. The zero-order valence-electron chi connectivity index (χ0n) is 13.7. The van der Waals surface area contributed by atoms with Crippen molar-refractivity contribution in [3.05, 3.63) is 54.6 Å². The molecule has 0 saturated heterocycles. The minimum Gasteiger partial charge on any atom is -0.455 e. The van der Waals surface area contributed by atoms with Crippen molar-refractivity contribution in [1.29, 1.82) is 0 Å². The monoisotopic (exact) mass is 358 g/mol. The molecule has 6 nitrogen and oxygen atoms in total. The van der Waals surface area contributed by atoms with Crippen LogP contribution in [0, 0.1) is 0 Å². The van der Waals surface area contributed by atoms with Gasteiger partial charge in [-0.2, -0.15) is 0 Å². The summed E-state index contributed by atoms with van der Waals surface area (Å²) < 4.78 is 4.95. The molecule has 0 spiro atoms. The first kappa shape index (κ1) is 18.5. The smallest absolute Gasteiger partial charge is 0.316 e. The number of rotatable bonds is 7. The van der Waals surface area contributed by atoms with Crippen molar-refractivity contribution in [2.24, 2.45) is 0 Å². The lowest BCUT2D eigenvalue weighted by molar-refractivity contribution is -0.144. The average molecular weight is 358 g/mol. The van der Waals surface area contributed by atoms with Crippen molar-refractivity contribution in [2.45, 2.75) is 11.8 Å². The molecule has 0 aliphatic rings. The van der Waals surface area contributed by atoms with Gasteiger partial charge in [0.05, 0.1) is 5.75 Å². The fraction of sp³-hybridized carbons (Fsp3) is 0.167. The molecule has 0 unspecified atom stereocenters. The van der Waals surface area contributed by atoms with Gasteiger partial charge in [-0.05, 0) is 36.4 Å². The van der Waals surface area contributed by atoms with Crippen LogP contribution in [0.2, 0.25) is 0 Å². The number of hydrogen-bond donors (Lipinski definition) is 2. The molecule has 2 aromatic carbocycles. The van der Waals surface area contributed by atoms with Gasteiger partial charge in [0, 0.05) is 23.2 Å². The normalized spacial score (nSPS) is 9.96. The van der Waals surface area contributed by atoms with E-state index in [-0.39, 0.29) is 18.3 Å². The zero-order valence-corrected chi connectivity index (χ0v) is 14.5. The Kier molecular flexibility index (Phi) is 7.03. The largest absolute Gasteiger partial charge is 0.455 e. The third-order valence-electron chi connectivity index (χ3n) is 2.95. The molecule has 0 aromatic heterocycles. The molecule has 0 fully saturated rings. The van der Waals surface area contributed by atoms with E-state index in [0.717, 1.165) is 4.90 Å². The van der Waals surface area contributed by atoms with Crippen LogP contribution in [0.25, 0.3) is 0 Å². The van der Waals surface area contributed by atoms with Crippen molar-refractivity contribution < 1.29 is 19.1 Å². The van der Waals surface area contributed by atoms with Gasteiger partial charge in [0.25, 0.3) is 5.91 Å². The van der Waals surface area contributed by atoms with Crippen molar-refractivity contribution >= 4 is 40.9 Å². The summed E-state index contributed by atoms with van der Waals surface area (Å²) >= 11 is 1.35. The number of anilines is 2. The minimum absolute atomic E-state index is 0.142. The zero-order chi connectivity index (χ0) is 18.1. The highest BCUT2D eigenvalue weighted by Crippen LogP contribution is 2.17. The number of nitrogens with one attached hydrogen (secondary N) is 2. The Labute approximate surface area is 149 Å². The molecular formula is C18H18N2O4S. The second kappa shape index (κ2) is 9.48. The number of thioether (sulfide) groups is 1. The maximum atomic E-state index is 11.8. The highest BCUT2D eigenvalue weighted by Gasteiger charge is 2.09. The number of amides is 2. The van der Waals surface area contributed by atoms with Crippen LogP contribution in [0.15, 0.2) is 59.5 Å². The predicted octanol–water partition coefficient (Wildman–Crippen LogP) is 2.92. The van der Waals surface area contributed by atoms with Crippen LogP contribution in [0.1, 0.15) is 6.92 Å². The Bertz CT molecular complexity index is 733. The lowest BCUT2D eigenvalue weighted by Gasteiger charge is -2.08. The Morgan fingerprint density at radius 2 is 1.52 bits per heavy atom. The molecule has 2 amide bonds. The molecule has 0 radical (unpaired) electrons. The predicted molar refractivity (Wildman–Crippen MR) is 97.5 cm³/mol. The van der Waals surface area contributed by atoms with E-state index in [1.807, 2.05) is 30.3 Å². The van der Waals surface area contributed by atoms with Gasteiger partial charge in [0.2, 0.25) is 5.91 Å². The first-order valence-corrected chi connectivity index (χ1v) is 8.52. The molecule has 0 bridgehead atoms. The SMILES string of the molecule is CC(=O)Nc1ccc(NC(=O)COC(=O)CSc2ccccc2)cc1. The summed E-state index contributed by atoms with van der Waals surface area (Å²) in [6, 6.07) is 16.1. The Hall–Kier alpha value is -2.80. The first-order valence-electron chi connectivity index (χ1n) is 7.54. The van der Waals surface area contributed by atoms with Gasteiger partial charge >= 0.3 is 5.97 Å². The van der Waals surface area contributed by atoms with Gasteiger partial charge in [-0.1, -0.05) is 18.2 Å². The minimum atomic E-state index is -0.454. The van der Waals surface area contributed by atoms with Crippen LogP contribution in [-0.2, 0) is 19.1 Å². The molecule has 2 rings (SSSR count). The van der Waals surface area contributed by atoms with Gasteiger partial charge < -0.3 is 15.4 Å². The van der Waals surface area contributed by atoms with E-state index in [0.29, 0.717) is 11.4 Å². The molecule has 0 aliphatic carbocycles. The quantitative estimate of drug-likeness (QED) is 0.587. The van der Waals surface area contributed by atoms with Crippen LogP contribution in [0.4, 0.5) is 11.4 Å². The molecule has 2 N–H and O–H groups in total. The summed E-state index contributed by atoms with van der Waals surface area (Å²) in [4.78, 5) is 35.3. The summed E-state index contributed by atoms with van der Waals surface area (Å²) in [6.07, 6.45) is 0. The fourth-order valence-corrected chi connectivity index (χ4v) is 2.60. The topological polar surface area (TPSA) is 84.5 Å². The van der Waals surface area contributed by atoms with Gasteiger partial charge in [-0.15, -0.1) is 11.8 Å². The second-order valence-corrected chi connectivity index (χ2v) is 6.12. The lowest BCUT2D eigenvalue weighted by Crippen LogP contribution is -2.21. The van der Waals surface area contributed by atoms with Crippen LogP contribution < -0.4 is 10.6 Å². The third kappa shape index (κ3) is 7.09. The molecule has 0 saturated carbocycles. The summed E-state index contributed by atoms with van der Waals surface area (Å²) in [5, 5.41) is 5.25. The third-order valence-corrected chi connectivity index (χ3v) is 3.94.